The van der Waals surface area contributed by atoms with Gasteiger partial charge in [0.2, 0.25) is 16.1 Å². The molecule has 0 saturated carbocycles. The molecule has 7 nitrogen and oxygen atoms in total. The lowest BCUT2D eigenvalue weighted by Gasteiger charge is -2.19. The highest BCUT2D eigenvalue weighted by molar-refractivity contribution is 7.89. The molecule has 0 heterocycles. The van der Waals surface area contributed by atoms with Gasteiger partial charge in [-0.1, -0.05) is 42.5 Å². The average molecular weight is 456 g/mol. The molecule has 0 aromatic heterocycles. The number of primary sulfonamides is 1. The molecule has 9 heteroatoms. The predicted molar refractivity (Wildman–Crippen MR) is 117 cm³/mol. The summed E-state index contributed by atoms with van der Waals surface area (Å²) in [5.74, 6) is -2.87. The van der Waals surface area contributed by atoms with E-state index in [4.69, 9.17) is 9.88 Å². The molecule has 3 rings (SSSR count). The quantitative estimate of drug-likeness (QED) is 0.550. The van der Waals surface area contributed by atoms with Gasteiger partial charge in [-0.25, -0.2) is 22.7 Å². The summed E-state index contributed by atoms with van der Waals surface area (Å²) in [5.41, 5.74) is 1.95. The van der Waals surface area contributed by atoms with Crippen molar-refractivity contribution in [1.29, 1.82) is 0 Å². The van der Waals surface area contributed by atoms with E-state index in [1.807, 2.05) is 26.0 Å². The highest BCUT2D eigenvalue weighted by Gasteiger charge is 2.28. The Morgan fingerprint density at radius 1 is 1.00 bits per heavy atom. The molecule has 0 bridgehead atoms. The third-order valence-electron chi connectivity index (χ3n) is 4.70. The molecule has 166 valence electrons. The number of rotatable bonds is 6. The third kappa shape index (κ3) is 5.37. The second-order valence-electron chi connectivity index (χ2n) is 7.19. The number of nitrogens with one attached hydrogen (secondary N) is 1. The van der Waals surface area contributed by atoms with Crippen molar-refractivity contribution in [2.75, 3.05) is 5.32 Å². The average Bonchev–Trinajstić information content (AvgIpc) is 2.74. The van der Waals surface area contributed by atoms with Crippen molar-refractivity contribution in [3.63, 3.8) is 0 Å². The van der Waals surface area contributed by atoms with Gasteiger partial charge < -0.3 is 10.1 Å². The van der Waals surface area contributed by atoms with E-state index in [2.05, 4.69) is 5.32 Å². The fourth-order valence-electron chi connectivity index (χ4n) is 2.98. The van der Waals surface area contributed by atoms with E-state index >= 15 is 0 Å². The minimum absolute atomic E-state index is 0.353. The van der Waals surface area contributed by atoms with Crippen molar-refractivity contribution >= 4 is 27.6 Å². The lowest BCUT2D eigenvalue weighted by molar-refractivity contribution is -0.125. The van der Waals surface area contributed by atoms with Gasteiger partial charge in [-0.3, -0.25) is 4.79 Å². The molecule has 3 N–H and O–H groups in total. The number of ether oxygens (including phenoxy) is 1. The van der Waals surface area contributed by atoms with Crippen LogP contribution in [0.1, 0.15) is 33.2 Å². The third-order valence-corrected chi connectivity index (χ3v) is 5.61. The molecule has 3 aromatic carbocycles. The zero-order valence-corrected chi connectivity index (χ0v) is 18.1. The highest BCUT2D eigenvalue weighted by Crippen LogP contribution is 2.25. The molecule has 1 atom stereocenters. The molecule has 3 aromatic rings. The van der Waals surface area contributed by atoms with Crippen LogP contribution in [-0.4, -0.2) is 20.3 Å². The summed E-state index contributed by atoms with van der Waals surface area (Å²) in [6, 6.07) is 16.2. The Hall–Kier alpha value is -3.56. The number of sulfonamides is 1. The van der Waals surface area contributed by atoms with Crippen molar-refractivity contribution in [3.8, 4) is 0 Å². The number of hydrogen-bond acceptors (Lipinski definition) is 5. The van der Waals surface area contributed by atoms with Crippen LogP contribution in [0.25, 0.3) is 0 Å². The Morgan fingerprint density at radius 3 is 2.34 bits per heavy atom. The zero-order valence-electron chi connectivity index (χ0n) is 17.3. The van der Waals surface area contributed by atoms with Gasteiger partial charge in [0.15, 0.2) is 0 Å². The molecule has 0 aliphatic heterocycles. The first-order valence-corrected chi connectivity index (χ1v) is 11.1. The topological polar surface area (TPSA) is 116 Å². The van der Waals surface area contributed by atoms with Gasteiger partial charge in [0.1, 0.15) is 5.82 Å². The zero-order chi connectivity index (χ0) is 23.5. The van der Waals surface area contributed by atoms with E-state index in [1.54, 1.807) is 36.4 Å². The molecule has 0 aliphatic rings. The van der Waals surface area contributed by atoms with Crippen LogP contribution in [0.2, 0.25) is 0 Å². The summed E-state index contributed by atoms with van der Waals surface area (Å²) in [6.45, 7) is 3.68. The van der Waals surface area contributed by atoms with Crippen LogP contribution in [-0.2, 0) is 19.6 Å². The molecule has 1 amide bonds. The first-order valence-electron chi connectivity index (χ1n) is 9.52. The van der Waals surface area contributed by atoms with Crippen LogP contribution in [0.5, 0.6) is 0 Å². The number of hydrogen-bond donors (Lipinski definition) is 2. The van der Waals surface area contributed by atoms with Crippen molar-refractivity contribution in [1.82, 2.24) is 0 Å². The van der Waals surface area contributed by atoms with Gasteiger partial charge in [0.25, 0.3) is 5.91 Å². The lowest BCUT2D eigenvalue weighted by atomic mass is 10.1. The van der Waals surface area contributed by atoms with Crippen molar-refractivity contribution < 1.29 is 27.1 Å². The SMILES string of the molecule is Cc1ccc(C)c(NC(=O)C(OC(=O)c2cc(S(N)(=O)=O)ccc2F)c2ccccc2)c1. The van der Waals surface area contributed by atoms with Gasteiger partial charge in [-0.2, -0.15) is 0 Å². The first-order chi connectivity index (χ1) is 15.1. The number of benzene rings is 3. The van der Waals surface area contributed by atoms with E-state index in [1.165, 1.54) is 0 Å². The molecule has 0 aliphatic carbocycles. The minimum atomic E-state index is -4.18. The van der Waals surface area contributed by atoms with Gasteiger partial charge in [0, 0.05) is 11.3 Å². The van der Waals surface area contributed by atoms with Crippen molar-refractivity contribution in [3.05, 3.63) is 94.8 Å². The van der Waals surface area contributed by atoms with Gasteiger partial charge in [-0.05, 0) is 49.2 Å². The maximum Gasteiger partial charge on any atom is 0.342 e. The van der Waals surface area contributed by atoms with E-state index in [9.17, 15) is 22.4 Å². The van der Waals surface area contributed by atoms with Crippen molar-refractivity contribution in [2.24, 2.45) is 5.14 Å². The highest BCUT2D eigenvalue weighted by atomic mass is 32.2. The summed E-state index contributed by atoms with van der Waals surface area (Å²) >= 11 is 0. The smallest absolute Gasteiger partial charge is 0.342 e. The number of carbonyl (C=O) groups excluding carboxylic acids is 2. The predicted octanol–water partition coefficient (Wildman–Crippen LogP) is 3.63. The Bertz CT molecular complexity index is 1280. The number of anilines is 1. The summed E-state index contributed by atoms with van der Waals surface area (Å²) in [7, 11) is -4.18. The molecule has 0 saturated heterocycles. The Kier molecular flexibility index (Phi) is 6.71. The fourth-order valence-corrected chi connectivity index (χ4v) is 3.52. The Balaban J connectivity index is 1.95. The van der Waals surface area contributed by atoms with Crippen LogP contribution in [0.3, 0.4) is 0 Å². The maximum atomic E-state index is 14.3. The maximum absolute atomic E-state index is 14.3. The van der Waals surface area contributed by atoms with E-state index in [0.29, 0.717) is 11.3 Å². The number of aryl methyl sites for hydroxylation is 2. The van der Waals surface area contributed by atoms with E-state index < -0.39 is 44.3 Å². The summed E-state index contributed by atoms with van der Waals surface area (Å²) < 4.78 is 42.8. The van der Waals surface area contributed by atoms with Crippen LogP contribution >= 0.6 is 0 Å². The van der Waals surface area contributed by atoms with Gasteiger partial charge in [0.05, 0.1) is 10.5 Å². The summed E-state index contributed by atoms with van der Waals surface area (Å²) in [5, 5.41) is 7.79. The summed E-state index contributed by atoms with van der Waals surface area (Å²) in [6.07, 6.45) is -1.42. The van der Waals surface area contributed by atoms with E-state index in [0.717, 1.165) is 29.3 Å². The minimum Gasteiger partial charge on any atom is -0.444 e. The standard InChI is InChI=1S/C23H21FN2O5S/c1-14-8-9-15(2)20(12-14)26-22(27)21(16-6-4-3-5-7-16)31-23(28)18-13-17(32(25,29)30)10-11-19(18)24/h3-13,21H,1-2H3,(H,26,27)(H2,25,29,30). The van der Waals surface area contributed by atoms with Crippen LogP contribution in [0.15, 0.2) is 71.6 Å². The number of nitrogens with two attached hydrogens (primary N) is 1. The molecular formula is C23H21FN2O5S. The number of carbonyl (C=O) groups is 2. The molecule has 0 fully saturated rings. The molecular weight excluding hydrogens is 435 g/mol. The second kappa shape index (κ2) is 9.29. The molecule has 0 radical (unpaired) electrons. The largest absolute Gasteiger partial charge is 0.444 e. The monoisotopic (exact) mass is 456 g/mol. The number of amides is 1. The lowest BCUT2D eigenvalue weighted by Crippen LogP contribution is -2.26. The summed E-state index contributed by atoms with van der Waals surface area (Å²) in [4.78, 5) is 25.3. The van der Waals surface area contributed by atoms with Crippen LogP contribution in [0.4, 0.5) is 10.1 Å². The van der Waals surface area contributed by atoms with Gasteiger partial charge >= 0.3 is 5.97 Å². The van der Waals surface area contributed by atoms with Crippen LogP contribution in [0, 0.1) is 19.7 Å². The Labute approximate surface area is 185 Å². The van der Waals surface area contributed by atoms with E-state index in [-0.39, 0.29) is 0 Å². The number of halogens is 1. The second-order valence-corrected chi connectivity index (χ2v) is 8.75. The normalized spacial score (nSPS) is 12.1. The fraction of sp³-hybridized carbons (Fsp3) is 0.130. The number of esters is 1. The molecule has 0 spiro atoms. The van der Waals surface area contributed by atoms with Crippen LogP contribution < -0.4 is 10.5 Å². The molecule has 1 unspecified atom stereocenters. The first kappa shape index (κ1) is 23.1. The van der Waals surface area contributed by atoms with Crippen molar-refractivity contribution in [2.45, 2.75) is 24.8 Å². The van der Waals surface area contributed by atoms with Gasteiger partial charge in [-0.15, -0.1) is 0 Å². The molecule has 32 heavy (non-hydrogen) atoms. The Morgan fingerprint density at radius 2 is 1.69 bits per heavy atom.